The minimum Gasteiger partial charge on any atom is -0.294 e. The third-order valence-corrected chi connectivity index (χ3v) is 6.10. The van der Waals surface area contributed by atoms with Crippen LogP contribution in [0.1, 0.15) is 48.2 Å². The van der Waals surface area contributed by atoms with Crippen LogP contribution in [0.4, 0.5) is 0 Å². The largest absolute Gasteiger partial charge is 0.294 e. The average Bonchev–Trinajstić information content (AvgIpc) is 3.35. The normalized spacial score (nSPS) is 22.5. The van der Waals surface area contributed by atoms with E-state index in [0.717, 1.165) is 64.0 Å². The number of fused-ring (bicyclic) bond motifs is 2. The van der Waals surface area contributed by atoms with E-state index >= 15 is 0 Å². The second kappa shape index (κ2) is 6.09. The number of likely N-dealkylation sites (tertiary alicyclic amines) is 1. The lowest BCUT2D eigenvalue weighted by atomic mass is 10.1. The summed E-state index contributed by atoms with van der Waals surface area (Å²) in [5, 5.41) is 9.19. The minimum absolute atomic E-state index is 0.0684. The highest BCUT2D eigenvalue weighted by Gasteiger charge is 2.28. The maximum absolute atomic E-state index is 12.4. The molecule has 2 aromatic rings. The first-order chi connectivity index (χ1) is 12.3. The van der Waals surface area contributed by atoms with Gasteiger partial charge in [-0.2, -0.15) is 10.2 Å². The first-order valence-corrected chi connectivity index (χ1v) is 9.65. The smallest absolute Gasteiger partial charge is 0.267 e. The van der Waals surface area contributed by atoms with E-state index < -0.39 is 0 Å². The fourth-order valence-electron chi connectivity index (χ4n) is 4.76. The Morgan fingerprint density at radius 2 is 2.08 bits per heavy atom. The van der Waals surface area contributed by atoms with Crippen LogP contribution in [0.3, 0.4) is 0 Å². The molecule has 4 heterocycles. The average molecular weight is 339 g/mol. The molecule has 1 unspecified atom stereocenters. The van der Waals surface area contributed by atoms with Crippen LogP contribution < -0.4 is 5.56 Å². The standard InChI is InChI=1S/C19H25N5O/c25-19-10-14-4-1-6-17(14)21-24(19)13-16-5-2-8-22(16)12-15-11-20-23-9-3-7-18(15)23/h10-11,16H,1-9,12-13H2. The summed E-state index contributed by atoms with van der Waals surface area (Å²) in [6.45, 7) is 3.84. The Morgan fingerprint density at radius 3 is 3.04 bits per heavy atom. The van der Waals surface area contributed by atoms with Crippen molar-refractivity contribution in [3.63, 3.8) is 0 Å². The lowest BCUT2D eigenvalue weighted by Gasteiger charge is -2.24. The van der Waals surface area contributed by atoms with Crippen LogP contribution in [0.2, 0.25) is 0 Å². The van der Waals surface area contributed by atoms with Crippen molar-refractivity contribution in [2.24, 2.45) is 0 Å². The second-order valence-electron chi connectivity index (χ2n) is 7.70. The zero-order chi connectivity index (χ0) is 16.8. The third-order valence-electron chi connectivity index (χ3n) is 6.10. The van der Waals surface area contributed by atoms with Gasteiger partial charge in [0.15, 0.2) is 0 Å². The van der Waals surface area contributed by atoms with Crippen molar-refractivity contribution in [1.82, 2.24) is 24.5 Å². The van der Waals surface area contributed by atoms with Gasteiger partial charge in [-0.25, -0.2) is 4.68 Å². The molecular weight excluding hydrogens is 314 g/mol. The predicted molar refractivity (Wildman–Crippen MR) is 94.5 cm³/mol. The van der Waals surface area contributed by atoms with Crippen molar-refractivity contribution >= 4 is 0 Å². The van der Waals surface area contributed by atoms with E-state index in [2.05, 4.69) is 19.8 Å². The summed E-state index contributed by atoms with van der Waals surface area (Å²) < 4.78 is 3.88. The highest BCUT2D eigenvalue weighted by molar-refractivity contribution is 5.23. The van der Waals surface area contributed by atoms with Crippen molar-refractivity contribution in [2.45, 2.75) is 70.6 Å². The number of rotatable bonds is 4. The second-order valence-corrected chi connectivity index (χ2v) is 7.70. The van der Waals surface area contributed by atoms with Gasteiger partial charge in [0.05, 0.1) is 18.4 Å². The number of nitrogens with zero attached hydrogens (tertiary/aromatic N) is 5. The predicted octanol–water partition coefficient (Wildman–Crippen LogP) is 1.54. The summed E-state index contributed by atoms with van der Waals surface area (Å²) in [4.78, 5) is 14.9. The van der Waals surface area contributed by atoms with E-state index in [1.54, 1.807) is 4.68 Å². The highest BCUT2D eigenvalue weighted by Crippen LogP contribution is 2.25. The number of hydrogen-bond donors (Lipinski definition) is 0. The summed E-state index contributed by atoms with van der Waals surface area (Å²) in [5.74, 6) is 0. The summed E-state index contributed by atoms with van der Waals surface area (Å²) in [7, 11) is 0. The molecule has 0 bridgehead atoms. The van der Waals surface area contributed by atoms with Crippen LogP contribution in [0.25, 0.3) is 0 Å². The zero-order valence-electron chi connectivity index (χ0n) is 14.7. The van der Waals surface area contributed by atoms with Gasteiger partial charge < -0.3 is 0 Å². The topological polar surface area (TPSA) is 56.0 Å². The molecular formula is C19H25N5O. The molecule has 2 aliphatic heterocycles. The molecule has 0 saturated carbocycles. The first-order valence-electron chi connectivity index (χ1n) is 9.65. The SMILES string of the molecule is O=c1cc2c(nn1CC1CCCN1Cc1cnn3c1CCC3)CCC2. The molecule has 0 aromatic carbocycles. The molecule has 6 nitrogen and oxygen atoms in total. The lowest BCUT2D eigenvalue weighted by molar-refractivity contribution is 0.216. The van der Waals surface area contributed by atoms with Gasteiger partial charge in [-0.1, -0.05) is 0 Å². The summed E-state index contributed by atoms with van der Waals surface area (Å²) >= 11 is 0. The molecule has 0 N–H and O–H groups in total. The molecule has 0 radical (unpaired) electrons. The Hall–Kier alpha value is -1.95. The van der Waals surface area contributed by atoms with Gasteiger partial charge in [0.2, 0.25) is 0 Å². The van der Waals surface area contributed by atoms with Crippen LogP contribution in [-0.4, -0.2) is 37.0 Å². The maximum Gasteiger partial charge on any atom is 0.267 e. The van der Waals surface area contributed by atoms with Gasteiger partial charge in [-0.3, -0.25) is 14.4 Å². The Labute approximate surface area is 147 Å². The van der Waals surface area contributed by atoms with E-state index in [1.807, 2.05) is 12.3 Å². The number of hydrogen-bond acceptors (Lipinski definition) is 4. The van der Waals surface area contributed by atoms with E-state index in [-0.39, 0.29) is 5.56 Å². The van der Waals surface area contributed by atoms with E-state index in [0.29, 0.717) is 6.04 Å². The molecule has 1 saturated heterocycles. The molecule has 5 rings (SSSR count). The molecule has 6 heteroatoms. The molecule has 1 fully saturated rings. The molecule has 1 aliphatic carbocycles. The van der Waals surface area contributed by atoms with Gasteiger partial charge in [0, 0.05) is 36.5 Å². The molecule has 0 spiro atoms. The van der Waals surface area contributed by atoms with Gasteiger partial charge in [-0.15, -0.1) is 0 Å². The monoisotopic (exact) mass is 339 g/mol. The summed E-state index contributed by atoms with van der Waals surface area (Å²) in [6.07, 6.45) is 9.93. The fourth-order valence-corrected chi connectivity index (χ4v) is 4.76. The van der Waals surface area contributed by atoms with Crippen molar-refractivity contribution in [3.8, 4) is 0 Å². The van der Waals surface area contributed by atoms with Crippen LogP contribution >= 0.6 is 0 Å². The third kappa shape index (κ3) is 2.72. The van der Waals surface area contributed by atoms with E-state index in [1.165, 1.54) is 29.7 Å². The van der Waals surface area contributed by atoms with Gasteiger partial charge in [0.25, 0.3) is 5.56 Å². The Bertz CT molecular complexity index is 852. The number of aromatic nitrogens is 4. The minimum atomic E-state index is 0.0684. The molecule has 132 valence electrons. The number of aryl methyl sites for hydroxylation is 3. The Balaban J connectivity index is 1.34. The van der Waals surface area contributed by atoms with E-state index in [4.69, 9.17) is 0 Å². The molecule has 0 amide bonds. The van der Waals surface area contributed by atoms with Crippen LogP contribution in [-0.2, 0) is 38.9 Å². The van der Waals surface area contributed by atoms with Crippen molar-refractivity contribution in [3.05, 3.63) is 45.1 Å². The molecule has 25 heavy (non-hydrogen) atoms. The van der Waals surface area contributed by atoms with Crippen LogP contribution in [0.5, 0.6) is 0 Å². The Kier molecular flexibility index (Phi) is 3.73. The van der Waals surface area contributed by atoms with Crippen molar-refractivity contribution in [2.75, 3.05) is 6.54 Å². The van der Waals surface area contributed by atoms with Crippen molar-refractivity contribution in [1.29, 1.82) is 0 Å². The first kappa shape index (κ1) is 15.3. The van der Waals surface area contributed by atoms with Crippen LogP contribution in [0.15, 0.2) is 17.1 Å². The fraction of sp³-hybridized carbons (Fsp3) is 0.632. The van der Waals surface area contributed by atoms with Gasteiger partial charge >= 0.3 is 0 Å². The van der Waals surface area contributed by atoms with Gasteiger partial charge in [-0.05, 0) is 57.1 Å². The molecule has 3 aliphatic rings. The van der Waals surface area contributed by atoms with Crippen molar-refractivity contribution < 1.29 is 0 Å². The molecule has 1 atom stereocenters. The van der Waals surface area contributed by atoms with Gasteiger partial charge in [0.1, 0.15) is 0 Å². The van der Waals surface area contributed by atoms with E-state index in [9.17, 15) is 4.79 Å². The van der Waals surface area contributed by atoms with Crippen LogP contribution in [0, 0.1) is 0 Å². The summed E-state index contributed by atoms with van der Waals surface area (Å²) in [5.41, 5.74) is 5.16. The molecule has 2 aromatic heterocycles. The highest BCUT2D eigenvalue weighted by atomic mass is 16.1. The maximum atomic E-state index is 12.4. The quantitative estimate of drug-likeness (QED) is 0.848. The lowest BCUT2D eigenvalue weighted by Crippen LogP contribution is -2.37. The zero-order valence-corrected chi connectivity index (χ0v) is 14.7. The Morgan fingerprint density at radius 1 is 1.12 bits per heavy atom. The summed E-state index contributed by atoms with van der Waals surface area (Å²) in [6, 6.07) is 2.22.